The first kappa shape index (κ1) is 36.3. The molecule has 0 spiro atoms. The van der Waals surface area contributed by atoms with Gasteiger partial charge in [0.25, 0.3) is 0 Å². The van der Waals surface area contributed by atoms with Crippen molar-refractivity contribution in [3.8, 4) is 66.8 Å². The highest BCUT2D eigenvalue weighted by Gasteiger charge is 2.21. The molecule has 400 valence electrons. The van der Waals surface area contributed by atoms with E-state index in [0.717, 1.165) is 84.1 Å². The normalized spacial score (nSPS) is 14.3. The molecule has 0 amide bonds. The maximum absolute atomic E-state index is 9.38. The first-order valence-corrected chi connectivity index (χ1v) is 29.9. The standard InChI is InChI=1S/2C42H26S/c1-2-10-30-25-31(22-19-27(30)9-1)28-17-20-29(21-18-28)41-35-12-3-5-14-37(35)42(38-15-6-4-13-36(38)41)32-23-24-34-33-11-7-8-16-39(33)43-40(34)26-32;1-2-12-27(13-3-1)29-24-25-38(31-15-5-4-14-30(29)31)42-36-19-8-6-17-34(36)41(35-18-7-9-20-37(35)42)28-22-23-33-32-16-10-11-21-39(32)43-40(33)26-28/h2*1-26H/i3D,4D,5D,6D,12D,13D,14D,15D;6D,7D,8D,9D,17D,18D,19D,20D. The highest BCUT2D eigenvalue weighted by molar-refractivity contribution is 7.26. The zero-order chi connectivity index (χ0) is 70.6. The molecule has 2 heteroatoms. The minimum Gasteiger partial charge on any atom is -0.135 e. The van der Waals surface area contributed by atoms with E-state index in [1.54, 1.807) is 22.7 Å². The van der Waals surface area contributed by atoms with Crippen molar-refractivity contribution in [2.24, 2.45) is 0 Å². The SMILES string of the molecule is [2H]c1c([2H])c([2H])c2c(-c3ccc(-c4ccccc4)c4ccccc34)c3c([2H])c([2H])c([2H])c([2H])c3c(-c3ccc4c(c3)sc3ccccc34)c2c1[2H].[2H]c1c([2H])c([2H])c2c(-c3ccc4c(c3)sc3ccccc34)c3c([2H])c([2H])c([2H])c([2H])c3c(-c3ccc(-c4ccc5ccccc5c4)cc3)c2c1[2H]. The summed E-state index contributed by atoms with van der Waals surface area (Å²) < 4.78 is 149. The quantitative estimate of drug-likeness (QED) is 0.146. The van der Waals surface area contributed by atoms with Crippen LogP contribution in [0.15, 0.2) is 315 Å². The fourth-order valence-corrected chi connectivity index (χ4v) is 15.0. The second-order valence-electron chi connectivity index (χ2n) is 21.3. The molecule has 0 N–H and O–H groups in total. The monoisotopic (exact) mass is 1140 g/mol. The van der Waals surface area contributed by atoms with Gasteiger partial charge in [0.15, 0.2) is 0 Å². The van der Waals surface area contributed by atoms with Gasteiger partial charge < -0.3 is 0 Å². The van der Waals surface area contributed by atoms with Gasteiger partial charge in [0, 0.05) is 40.3 Å². The van der Waals surface area contributed by atoms with Crippen LogP contribution in [0.3, 0.4) is 0 Å². The average molecular weight is 1140 g/mol. The molecule has 18 aromatic rings. The summed E-state index contributed by atoms with van der Waals surface area (Å²) in [5.41, 5.74) is 7.73. The molecule has 0 bridgehead atoms. The van der Waals surface area contributed by atoms with Crippen molar-refractivity contribution in [2.45, 2.75) is 0 Å². The predicted octanol–water partition coefficient (Wildman–Crippen LogP) is 25.0. The van der Waals surface area contributed by atoms with Crippen molar-refractivity contribution in [2.75, 3.05) is 0 Å². The second kappa shape index (κ2) is 20.7. The lowest BCUT2D eigenvalue weighted by Crippen LogP contribution is -1.92. The van der Waals surface area contributed by atoms with Crippen LogP contribution < -0.4 is 0 Å². The van der Waals surface area contributed by atoms with E-state index >= 15 is 0 Å². The van der Waals surface area contributed by atoms with Crippen molar-refractivity contribution >= 4 is 128 Å². The Labute approximate surface area is 528 Å². The summed E-state index contributed by atoms with van der Waals surface area (Å²) in [4.78, 5) is 0. The van der Waals surface area contributed by atoms with Crippen molar-refractivity contribution in [3.63, 3.8) is 0 Å². The van der Waals surface area contributed by atoms with Crippen LogP contribution >= 0.6 is 22.7 Å². The summed E-state index contributed by atoms with van der Waals surface area (Å²) in [7, 11) is 0. The topological polar surface area (TPSA) is 0 Å². The van der Waals surface area contributed by atoms with Crippen LogP contribution in [0.2, 0.25) is 0 Å². The molecule has 18 rings (SSSR count). The van der Waals surface area contributed by atoms with E-state index in [1.807, 2.05) is 164 Å². The molecular formula is C84H52S2. The molecule has 0 unspecified atom stereocenters. The Morgan fingerprint density at radius 2 is 0.558 bits per heavy atom. The van der Waals surface area contributed by atoms with E-state index in [-0.39, 0.29) is 91.4 Å². The lowest BCUT2D eigenvalue weighted by Gasteiger charge is -2.19. The number of hydrogen-bond acceptors (Lipinski definition) is 2. The smallest absolute Gasteiger partial charge is 0.0629 e. The Morgan fingerprint density at radius 3 is 1.07 bits per heavy atom. The minimum absolute atomic E-state index is 0.211. The summed E-state index contributed by atoms with van der Waals surface area (Å²) in [6.45, 7) is 0. The molecule has 0 nitrogen and oxygen atoms in total. The lowest BCUT2D eigenvalue weighted by atomic mass is 9.84. The Morgan fingerprint density at radius 1 is 0.198 bits per heavy atom. The molecule has 0 saturated carbocycles. The van der Waals surface area contributed by atoms with Crippen LogP contribution in [0.1, 0.15) is 21.9 Å². The number of fused-ring (bicyclic) bond motifs is 12. The first-order chi connectivity index (χ1) is 49.3. The zero-order valence-electron chi connectivity index (χ0n) is 61.6. The van der Waals surface area contributed by atoms with Crippen LogP contribution in [0, 0.1) is 0 Å². The van der Waals surface area contributed by atoms with E-state index in [1.165, 1.54) is 0 Å². The Kier molecular flexibility index (Phi) is 8.73. The van der Waals surface area contributed by atoms with E-state index in [2.05, 4.69) is 54.6 Å². The third-order valence-corrected chi connectivity index (χ3v) is 18.9. The van der Waals surface area contributed by atoms with Crippen LogP contribution in [0.5, 0.6) is 0 Å². The molecule has 0 saturated heterocycles. The molecule has 0 atom stereocenters. The van der Waals surface area contributed by atoms with Gasteiger partial charge in [-0.1, -0.05) is 285 Å². The van der Waals surface area contributed by atoms with Crippen molar-refractivity contribution in [1.82, 2.24) is 0 Å². The highest BCUT2D eigenvalue weighted by atomic mass is 32.1. The molecule has 0 aliphatic carbocycles. The summed E-state index contributed by atoms with van der Waals surface area (Å²) in [6, 6.07) is 66.1. The molecule has 86 heavy (non-hydrogen) atoms. The number of thiophene rings is 2. The minimum atomic E-state index is -0.412. The molecule has 0 aliphatic rings. The maximum Gasteiger partial charge on any atom is 0.0629 e. The van der Waals surface area contributed by atoms with Gasteiger partial charge >= 0.3 is 0 Å². The van der Waals surface area contributed by atoms with Crippen LogP contribution in [-0.4, -0.2) is 0 Å². The highest BCUT2D eigenvalue weighted by Crippen LogP contribution is 2.49. The molecule has 16 aromatic carbocycles. The van der Waals surface area contributed by atoms with Gasteiger partial charge in [-0.05, 0) is 162 Å². The summed E-state index contributed by atoms with van der Waals surface area (Å²) >= 11 is 3.21. The third kappa shape index (κ3) is 8.32. The van der Waals surface area contributed by atoms with Crippen LogP contribution in [0.25, 0.3) is 172 Å². The largest absolute Gasteiger partial charge is 0.135 e. The zero-order valence-corrected chi connectivity index (χ0v) is 47.2. The van der Waals surface area contributed by atoms with Gasteiger partial charge in [-0.3, -0.25) is 0 Å². The second-order valence-corrected chi connectivity index (χ2v) is 23.5. The van der Waals surface area contributed by atoms with E-state index in [0.29, 0.717) is 44.5 Å². The van der Waals surface area contributed by atoms with Crippen molar-refractivity contribution in [1.29, 1.82) is 0 Å². The fourth-order valence-electron chi connectivity index (χ4n) is 12.7. The maximum atomic E-state index is 9.38. The molecule has 2 heterocycles. The average Bonchev–Trinajstić information content (AvgIpc) is 1.14. The van der Waals surface area contributed by atoms with Crippen molar-refractivity contribution in [3.05, 3.63) is 315 Å². The van der Waals surface area contributed by atoms with Crippen LogP contribution in [0.4, 0.5) is 0 Å². The van der Waals surface area contributed by atoms with Gasteiger partial charge in [0.1, 0.15) is 0 Å². The Balaban J connectivity index is 0.000000152. The van der Waals surface area contributed by atoms with Gasteiger partial charge in [0.05, 0.1) is 21.9 Å². The van der Waals surface area contributed by atoms with E-state index in [9.17, 15) is 11.0 Å². The molecule has 2 aromatic heterocycles. The summed E-state index contributed by atoms with van der Waals surface area (Å²) in [6.07, 6.45) is 0. The number of hydrogen-bond donors (Lipinski definition) is 0. The Hall–Kier alpha value is -10.5. The first-order valence-electron chi connectivity index (χ1n) is 36.2. The number of benzene rings is 16. The molecular weight excluding hydrogens is 1070 g/mol. The third-order valence-electron chi connectivity index (χ3n) is 16.6. The van der Waals surface area contributed by atoms with E-state index < -0.39 is 48.3 Å². The van der Waals surface area contributed by atoms with Gasteiger partial charge in [0.2, 0.25) is 0 Å². The lowest BCUT2D eigenvalue weighted by molar-refractivity contribution is 1.63. The molecule has 0 radical (unpaired) electrons. The predicted molar refractivity (Wildman–Crippen MR) is 376 cm³/mol. The van der Waals surface area contributed by atoms with Crippen molar-refractivity contribution < 1.29 is 21.9 Å². The van der Waals surface area contributed by atoms with Gasteiger partial charge in [-0.15, -0.1) is 22.7 Å². The Bertz CT molecular complexity index is 6540. The van der Waals surface area contributed by atoms with Crippen LogP contribution in [-0.2, 0) is 0 Å². The summed E-state index contributed by atoms with van der Waals surface area (Å²) in [5, 5.41) is 9.92. The molecule has 0 aliphatic heterocycles. The van der Waals surface area contributed by atoms with Gasteiger partial charge in [-0.2, -0.15) is 0 Å². The molecule has 0 fully saturated rings. The summed E-state index contributed by atoms with van der Waals surface area (Å²) in [5.74, 6) is 0. The van der Waals surface area contributed by atoms with Gasteiger partial charge in [-0.25, -0.2) is 0 Å². The fraction of sp³-hybridized carbons (Fsp3) is 0. The van der Waals surface area contributed by atoms with E-state index in [4.69, 9.17) is 11.0 Å². The number of rotatable bonds is 6.